The third-order valence-electron chi connectivity index (χ3n) is 7.78. The first-order chi connectivity index (χ1) is 16.6. The quantitative estimate of drug-likeness (QED) is 0.463. The molecule has 3 aliphatic carbocycles. The maximum atomic E-state index is 13.0. The van der Waals surface area contributed by atoms with Crippen molar-refractivity contribution in [2.75, 3.05) is 27.4 Å². The molecule has 0 spiro atoms. The molecular weight excluding hydrogens is 432 g/mol. The largest absolute Gasteiger partial charge is 0.493 e. The van der Waals surface area contributed by atoms with Crippen molar-refractivity contribution in [1.29, 1.82) is 0 Å². The van der Waals surface area contributed by atoms with Crippen LogP contribution in [0.3, 0.4) is 0 Å². The average molecular weight is 465 g/mol. The lowest BCUT2D eigenvalue weighted by Crippen LogP contribution is -2.45. The number of carbonyl (C=O) groups is 2. The lowest BCUT2D eigenvalue weighted by atomic mass is 9.69. The molecule has 0 N–H and O–H groups in total. The van der Waals surface area contributed by atoms with E-state index in [9.17, 15) is 9.59 Å². The highest BCUT2D eigenvalue weighted by molar-refractivity contribution is 6.02. The summed E-state index contributed by atoms with van der Waals surface area (Å²) in [5, 5.41) is 0. The zero-order valence-corrected chi connectivity index (χ0v) is 20.0. The molecule has 0 amide bonds. The van der Waals surface area contributed by atoms with Gasteiger partial charge in [-0.15, -0.1) is 0 Å². The molecule has 6 heteroatoms. The first kappa shape index (κ1) is 22.8. The number of benzene rings is 2. The minimum absolute atomic E-state index is 0.153. The topological polar surface area (TPSA) is 71.1 Å². The van der Waals surface area contributed by atoms with Crippen LogP contribution in [0.2, 0.25) is 0 Å². The van der Waals surface area contributed by atoms with Crippen LogP contribution in [0, 0.1) is 11.3 Å². The molecule has 2 saturated carbocycles. The monoisotopic (exact) mass is 464 g/mol. The van der Waals surface area contributed by atoms with Crippen LogP contribution in [0.1, 0.15) is 60.9 Å². The molecule has 5 rings (SSSR count). The third kappa shape index (κ3) is 3.93. The Bertz CT molecular complexity index is 1100. The zero-order valence-electron chi connectivity index (χ0n) is 20.0. The first-order valence-electron chi connectivity index (χ1n) is 12.3. The van der Waals surface area contributed by atoms with Gasteiger partial charge in [-0.3, -0.25) is 9.59 Å². The molecule has 0 radical (unpaired) electrons. The molecule has 180 valence electrons. The Balaban J connectivity index is 1.46. The molecule has 34 heavy (non-hydrogen) atoms. The summed E-state index contributed by atoms with van der Waals surface area (Å²) in [6.45, 7) is 0.736. The smallest absolute Gasteiger partial charge is 0.315 e. The molecule has 0 unspecified atom stereocenters. The van der Waals surface area contributed by atoms with Crippen molar-refractivity contribution < 1.29 is 28.5 Å². The number of hydrogen-bond donors (Lipinski definition) is 0. The van der Waals surface area contributed by atoms with Crippen LogP contribution in [-0.4, -0.2) is 39.2 Å². The van der Waals surface area contributed by atoms with Gasteiger partial charge < -0.3 is 18.9 Å². The SMILES string of the molecule is COc1ccc(-c2cccc3c2CCC3=O)c(OCC2(C(=O)OCC3CCC3)CCC2)c1OC. The molecule has 2 fully saturated rings. The van der Waals surface area contributed by atoms with Gasteiger partial charge in [0, 0.05) is 17.5 Å². The summed E-state index contributed by atoms with van der Waals surface area (Å²) >= 11 is 0. The molecule has 2 aromatic carbocycles. The van der Waals surface area contributed by atoms with Gasteiger partial charge in [0.2, 0.25) is 5.75 Å². The van der Waals surface area contributed by atoms with Crippen molar-refractivity contribution in [3.05, 3.63) is 41.5 Å². The average Bonchev–Trinajstić information content (AvgIpc) is 3.17. The molecule has 0 saturated heterocycles. The lowest BCUT2D eigenvalue weighted by Gasteiger charge is -2.39. The number of hydrogen-bond acceptors (Lipinski definition) is 6. The van der Waals surface area contributed by atoms with E-state index in [1.165, 1.54) is 6.42 Å². The highest BCUT2D eigenvalue weighted by Crippen LogP contribution is 2.49. The Morgan fingerprint density at radius 1 is 0.941 bits per heavy atom. The fraction of sp³-hybridized carbons (Fsp3) is 0.500. The van der Waals surface area contributed by atoms with E-state index in [0.29, 0.717) is 42.6 Å². The van der Waals surface area contributed by atoms with Crippen molar-refractivity contribution in [2.45, 2.75) is 51.4 Å². The number of Topliss-reactive ketones (excluding diaryl/α,β-unsaturated/α-hetero) is 1. The van der Waals surface area contributed by atoms with Gasteiger partial charge in [-0.1, -0.05) is 31.0 Å². The van der Waals surface area contributed by atoms with Crippen LogP contribution in [0.15, 0.2) is 30.3 Å². The van der Waals surface area contributed by atoms with E-state index in [1.807, 2.05) is 30.3 Å². The van der Waals surface area contributed by atoms with Crippen LogP contribution in [0.5, 0.6) is 17.2 Å². The number of ether oxygens (including phenoxy) is 4. The summed E-state index contributed by atoms with van der Waals surface area (Å²) in [7, 11) is 3.17. The van der Waals surface area contributed by atoms with Crippen LogP contribution >= 0.6 is 0 Å². The van der Waals surface area contributed by atoms with Gasteiger partial charge in [-0.25, -0.2) is 0 Å². The van der Waals surface area contributed by atoms with E-state index in [1.54, 1.807) is 14.2 Å². The standard InChI is InChI=1S/C28H32O6/c1-31-24-13-11-22(19-8-4-9-21-20(19)10-12-23(21)29)25(26(24)32-2)34-17-28(14-5-15-28)27(30)33-16-18-6-3-7-18/h4,8-9,11,13,18H,3,5-7,10,12,14-17H2,1-2H3. The fourth-order valence-corrected chi connectivity index (χ4v) is 5.22. The molecule has 0 bridgehead atoms. The van der Waals surface area contributed by atoms with Crippen LogP contribution in [0.4, 0.5) is 0 Å². The van der Waals surface area contributed by atoms with Gasteiger partial charge in [0.25, 0.3) is 0 Å². The van der Waals surface area contributed by atoms with E-state index in [4.69, 9.17) is 18.9 Å². The maximum Gasteiger partial charge on any atom is 0.315 e. The number of carbonyl (C=O) groups excluding carboxylic acids is 2. The molecule has 0 heterocycles. The summed E-state index contributed by atoms with van der Waals surface area (Å²) in [6.07, 6.45) is 7.24. The van der Waals surface area contributed by atoms with Gasteiger partial charge in [0.1, 0.15) is 12.0 Å². The Morgan fingerprint density at radius 3 is 2.38 bits per heavy atom. The van der Waals surface area contributed by atoms with E-state index >= 15 is 0 Å². The molecule has 0 aliphatic heterocycles. The summed E-state index contributed by atoms with van der Waals surface area (Å²) < 4.78 is 23.4. The highest BCUT2D eigenvalue weighted by atomic mass is 16.5. The van der Waals surface area contributed by atoms with Crippen LogP contribution in [0.25, 0.3) is 11.1 Å². The normalized spacial score (nSPS) is 18.5. The number of fused-ring (bicyclic) bond motifs is 1. The minimum Gasteiger partial charge on any atom is -0.493 e. The Morgan fingerprint density at radius 2 is 1.74 bits per heavy atom. The fourth-order valence-electron chi connectivity index (χ4n) is 5.22. The van der Waals surface area contributed by atoms with Gasteiger partial charge in [-0.2, -0.15) is 0 Å². The van der Waals surface area contributed by atoms with E-state index in [0.717, 1.165) is 54.4 Å². The van der Waals surface area contributed by atoms with Crippen molar-refractivity contribution in [1.82, 2.24) is 0 Å². The van der Waals surface area contributed by atoms with Crippen molar-refractivity contribution in [3.63, 3.8) is 0 Å². The first-order valence-corrected chi connectivity index (χ1v) is 12.3. The summed E-state index contributed by atoms with van der Waals surface area (Å²) in [5.74, 6) is 2.10. The van der Waals surface area contributed by atoms with E-state index < -0.39 is 5.41 Å². The molecule has 0 atom stereocenters. The minimum atomic E-state index is -0.621. The molecule has 0 aromatic heterocycles. The molecular formula is C28H32O6. The van der Waals surface area contributed by atoms with Crippen molar-refractivity contribution >= 4 is 11.8 Å². The highest BCUT2D eigenvalue weighted by Gasteiger charge is 2.47. The predicted molar refractivity (Wildman–Crippen MR) is 128 cm³/mol. The predicted octanol–water partition coefficient (Wildman–Crippen LogP) is 5.39. The summed E-state index contributed by atoms with van der Waals surface area (Å²) in [4.78, 5) is 25.4. The number of methoxy groups -OCH3 is 2. The Labute approximate surface area is 200 Å². The Kier molecular flexibility index (Phi) is 6.24. The molecule has 2 aromatic rings. The molecule has 3 aliphatic rings. The van der Waals surface area contributed by atoms with Crippen LogP contribution in [-0.2, 0) is 16.0 Å². The second-order valence-corrected chi connectivity index (χ2v) is 9.75. The van der Waals surface area contributed by atoms with Crippen LogP contribution < -0.4 is 14.2 Å². The third-order valence-corrected chi connectivity index (χ3v) is 7.78. The van der Waals surface area contributed by atoms with E-state index in [-0.39, 0.29) is 18.4 Å². The van der Waals surface area contributed by atoms with E-state index in [2.05, 4.69) is 0 Å². The van der Waals surface area contributed by atoms with Crippen molar-refractivity contribution in [2.24, 2.45) is 11.3 Å². The van der Waals surface area contributed by atoms with Gasteiger partial charge in [-0.05, 0) is 61.3 Å². The van der Waals surface area contributed by atoms with Gasteiger partial charge in [0.05, 0.1) is 20.8 Å². The van der Waals surface area contributed by atoms with Gasteiger partial charge in [0.15, 0.2) is 17.3 Å². The summed E-state index contributed by atoms with van der Waals surface area (Å²) in [6, 6.07) is 9.60. The Hall–Kier alpha value is -3.02. The van der Waals surface area contributed by atoms with Crippen molar-refractivity contribution in [3.8, 4) is 28.4 Å². The maximum absolute atomic E-state index is 13.0. The second kappa shape index (κ2) is 9.32. The second-order valence-electron chi connectivity index (χ2n) is 9.75. The number of esters is 1. The zero-order chi connectivity index (χ0) is 23.7. The summed E-state index contributed by atoms with van der Waals surface area (Å²) in [5.41, 5.74) is 2.97. The molecule has 6 nitrogen and oxygen atoms in total. The number of ketones is 1. The lowest BCUT2D eigenvalue weighted by molar-refractivity contribution is -0.166. The number of rotatable bonds is 9. The van der Waals surface area contributed by atoms with Gasteiger partial charge >= 0.3 is 5.97 Å².